The van der Waals surface area contributed by atoms with Gasteiger partial charge in [0.2, 0.25) is 0 Å². The summed E-state index contributed by atoms with van der Waals surface area (Å²) in [5.41, 5.74) is 3.77. The van der Waals surface area contributed by atoms with Gasteiger partial charge in [-0.25, -0.2) is 0 Å². The first-order valence-corrected chi connectivity index (χ1v) is 7.33. The molecule has 0 saturated carbocycles. The number of allylic oxidation sites excluding steroid dienone is 1. The highest BCUT2D eigenvalue weighted by molar-refractivity contribution is 5.21. The summed E-state index contributed by atoms with van der Waals surface area (Å²) in [7, 11) is 0. The molecule has 0 amide bonds. The van der Waals surface area contributed by atoms with Crippen LogP contribution in [0.4, 0.5) is 0 Å². The van der Waals surface area contributed by atoms with Crippen LogP contribution in [0.5, 0.6) is 0 Å². The topological polar surface area (TPSA) is 12.0 Å². The summed E-state index contributed by atoms with van der Waals surface area (Å²) < 4.78 is 0. The lowest BCUT2D eigenvalue weighted by molar-refractivity contribution is 0.747. The third-order valence-electron chi connectivity index (χ3n) is 2.61. The number of unbranched alkanes of at least 4 members (excludes halogenated alkanes) is 1. The summed E-state index contributed by atoms with van der Waals surface area (Å²) in [6.45, 7) is 14.1. The molecule has 1 aromatic carbocycles. The molecule has 0 aliphatic rings. The van der Waals surface area contributed by atoms with Crippen molar-refractivity contribution in [2.24, 2.45) is 0 Å². The van der Waals surface area contributed by atoms with E-state index in [-0.39, 0.29) is 0 Å². The van der Waals surface area contributed by atoms with Crippen LogP contribution in [0, 0.1) is 6.92 Å². The van der Waals surface area contributed by atoms with Crippen LogP contribution in [0.2, 0.25) is 0 Å². The Hall–Kier alpha value is -1.34. The smallest absolute Gasteiger partial charge is 0.0208 e. The molecule has 0 bridgehead atoms. The van der Waals surface area contributed by atoms with Crippen LogP contribution in [0.15, 0.2) is 48.6 Å². The summed E-state index contributed by atoms with van der Waals surface area (Å²) in [5, 5.41) is 3.40. The van der Waals surface area contributed by atoms with Crippen LogP contribution in [-0.2, 0) is 6.54 Å². The van der Waals surface area contributed by atoms with E-state index in [1.165, 1.54) is 17.5 Å². The summed E-state index contributed by atoms with van der Waals surface area (Å²) in [5.74, 6) is 0. The molecule has 1 heteroatoms. The van der Waals surface area contributed by atoms with Crippen molar-refractivity contribution in [3.8, 4) is 0 Å². The molecule has 0 atom stereocenters. The van der Waals surface area contributed by atoms with Gasteiger partial charge >= 0.3 is 0 Å². The molecule has 0 saturated heterocycles. The second-order valence-electron chi connectivity index (χ2n) is 4.44. The number of rotatable bonds is 7. The van der Waals surface area contributed by atoms with Gasteiger partial charge in [0.1, 0.15) is 0 Å². The number of benzene rings is 1. The molecule has 0 radical (unpaired) electrons. The summed E-state index contributed by atoms with van der Waals surface area (Å²) in [4.78, 5) is 0. The molecule has 0 aliphatic heterocycles. The average Bonchev–Trinajstić information content (AvgIpc) is 2.44. The lowest BCUT2D eigenvalue weighted by Crippen LogP contribution is -2.15. The molecule has 0 spiro atoms. The zero-order valence-corrected chi connectivity index (χ0v) is 13.0. The molecule has 0 aromatic heterocycles. The molecule has 19 heavy (non-hydrogen) atoms. The molecule has 1 nitrogen and oxygen atoms in total. The minimum absolute atomic E-state index is 0.855. The second-order valence-corrected chi connectivity index (χ2v) is 4.44. The van der Waals surface area contributed by atoms with E-state index in [2.05, 4.69) is 62.2 Å². The van der Waals surface area contributed by atoms with Gasteiger partial charge < -0.3 is 5.32 Å². The molecule has 0 unspecified atom stereocenters. The second kappa shape index (κ2) is 11.7. The van der Waals surface area contributed by atoms with Crippen LogP contribution in [0.3, 0.4) is 0 Å². The third kappa shape index (κ3) is 9.26. The van der Waals surface area contributed by atoms with Crippen LogP contribution in [-0.4, -0.2) is 6.54 Å². The molecule has 0 heterocycles. The van der Waals surface area contributed by atoms with Crippen LogP contribution < -0.4 is 5.32 Å². The largest absolute Gasteiger partial charge is 0.309 e. The molecular formula is C18H29N. The van der Waals surface area contributed by atoms with Gasteiger partial charge in [-0.15, -0.1) is 0 Å². The highest BCUT2D eigenvalue weighted by Gasteiger charge is 1.93. The van der Waals surface area contributed by atoms with Crippen molar-refractivity contribution in [3.05, 3.63) is 59.7 Å². The fourth-order valence-corrected chi connectivity index (χ4v) is 1.55. The van der Waals surface area contributed by atoms with Gasteiger partial charge in [-0.05, 0) is 24.5 Å². The van der Waals surface area contributed by atoms with Crippen LogP contribution >= 0.6 is 0 Å². The SMILES string of the molecule is C=C(/C=C\CCC)CNCc1ccc(C)cc1.CC. The average molecular weight is 259 g/mol. The van der Waals surface area contributed by atoms with Crippen molar-refractivity contribution in [1.29, 1.82) is 0 Å². The van der Waals surface area contributed by atoms with Crippen molar-refractivity contribution in [2.75, 3.05) is 6.54 Å². The fraction of sp³-hybridized carbons (Fsp3) is 0.444. The van der Waals surface area contributed by atoms with E-state index < -0.39 is 0 Å². The van der Waals surface area contributed by atoms with Gasteiger partial charge in [-0.1, -0.05) is 75.8 Å². The predicted octanol–water partition coefficient (Wildman–Crippen LogP) is 5.02. The van der Waals surface area contributed by atoms with Gasteiger partial charge in [0.25, 0.3) is 0 Å². The summed E-state index contributed by atoms with van der Waals surface area (Å²) >= 11 is 0. The standard InChI is InChI=1S/C16H23N.C2H6/c1-4-5-6-7-15(3)12-17-13-16-10-8-14(2)9-11-16;1-2/h6-11,17H,3-5,12-13H2,1-2H3;1-2H3/b7-6-;. The monoisotopic (exact) mass is 259 g/mol. The molecule has 106 valence electrons. The molecule has 0 fully saturated rings. The van der Waals surface area contributed by atoms with Gasteiger partial charge in [0.05, 0.1) is 0 Å². The van der Waals surface area contributed by atoms with E-state index in [1.807, 2.05) is 13.8 Å². The highest BCUT2D eigenvalue weighted by atomic mass is 14.8. The Morgan fingerprint density at radius 1 is 1.21 bits per heavy atom. The van der Waals surface area contributed by atoms with Gasteiger partial charge in [0.15, 0.2) is 0 Å². The summed E-state index contributed by atoms with van der Waals surface area (Å²) in [6, 6.07) is 8.62. The molecule has 0 aliphatic carbocycles. The van der Waals surface area contributed by atoms with Crippen LogP contribution in [0.1, 0.15) is 44.7 Å². The summed E-state index contributed by atoms with van der Waals surface area (Å²) in [6.07, 6.45) is 6.64. The van der Waals surface area contributed by atoms with E-state index in [9.17, 15) is 0 Å². The fourth-order valence-electron chi connectivity index (χ4n) is 1.55. The number of hydrogen-bond donors (Lipinski definition) is 1. The highest BCUT2D eigenvalue weighted by Crippen LogP contribution is 2.03. The van der Waals surface area contributed by atoms with E-state index >= 15 is 0 Å². The lowest BCUT2D eigenvalue weighted by atomic mass is 10.1. The maximum absolute atomic E-state index is 4.02. The van der Waals surface area contributed by atoms with E-state index in [1.54, 1.807) is 0 Å². The van der Waals surface area contributed by atoms with Crippen molar-refractivity contribution in [3.63, 3.8) is 0 Å². The zero-order chi connectivity index (χ0) is 14.5. The van der Waals surface area contributed by atoms with E-state index in [4.69, 9.17) is 0 Å². The van der Waals surface area contributed by atoms with E-state index in [0.717, 1.165) is 25.1 Å². The third-order valence-corrected chi connectivity index (χ3v) is 2.61. The predicted molar refractivity (Wildman–Crippen MR) is 87.4 cm³/mol. The molecular weight excluding hydrogens is 230 g/mol. The van der Waals surface area contributed by atoms with Gasteiger partial charge in [0, 0.05) is 13.1 Å². The van der Waals surface area contributed by atoms with Crippen LogP contribution in [0.25, 0.3) is 0 Å². The normalized spacial score (nSPS) is 10.1. The minimum Gasteiger partial charge on any atom is -0.309 e. The van der Waals surface area contributed by atoms with Crippen molar-refractivity contribution < 1.29 is 0 Å². The first-order chi connectivity index (χ1) is 9.22. The van der Waals surface area contributed by atoms with Gasteiger partial charge in [-0.2, -0.15) is 0 Å². The van der Waals surface area contributed by atoms with Gasteiger partial charge in [-0.3, -0.25) is 0 Å². The Morgan fingerprint density at radius 2 is 1.84 bits per heavy atom. The maximum Gasteiger partial charge on any atom is 0.0208 e. The quantitative estimate of drug-likeness (QED) is 0.678. The Labute approximate surface area is 119 Å². The van der Waals surface area contributed by atoms with Crippen molar-refractivity contribution >= 4 is 0 Å². The maximum atomic E-state index is 4.02. The first-order valence-electron chi connectivity index (χ1n) is 7.33. The van der Waals surface area contributed by atoms with Crippen molar-refractivity contribution in [2.45, 2.75) is 47.1 Å². The Morgan fingerprint density at radius 3 is 2.42 bits per heavy atom. The Kier molecular flexibility index (Phi) is 10.9. The Balaban J connectivity index is 0.00000154. The molecule has 1 rings (SSSR count). The van der Waals surface area contributed by atoms with E-state index in [0.29, 0.717) is 0 Å². The number of nitrogens with one attached hydrogen (secondary N) is 1. The number of hydrogen-bond acceptors (Lipinski definition) is 1. The molecule has 1 aromatic rings. The first kappa shape index (κ1) is 17.7. The number of aryl methyl sites for hydroxylation is 1. The lowest BCUT2D eigenvalue weighted by Gasteiger charge is -2.05. The minimum atomic E-state index is 0.855. The Bertz CT molecular complexity index is 360. The molecule has 1 N–H and O–H groups in total. The van der Waals surface area contributed by atoms with Crippen molar-refractivity contribution in [1.82, 2.24) is 5.32 Å². The zero-order valence-electron chi connectivity index (χ0n) is 13.0.